The second-order valence-corrected chi connectivity index (χ2v) is 9.85. The van der Waals surface area contributed by atoms with Gasteiger partial charge in [-0.3, -0.25) is 18.8 Å². The summed E-state index contributed by atoms with van der Waals surface area (Å²) in [6.07, 6.45) is -62.9. The van der Waals surface area contributed by atoms with Gasteiger partial charge in [-0.25, -0.2) is 4.39 Å². The largest absolute Gasteiger partial charge is 0.462 e. The molecule has 0 amide bonds. The van der Waals surface area contributed by atoms with Gasteiger partial charge in [0.15, 0.2) is 0 Å². The molecule has 0 spiro atoms. The third-order valence-electron chi connectivity index (χ3n) is 4.50. The van der Waals surface area contributed by atoms with E-state index in [-0.39, 0.29) is 0 Å². The van der Waals surface area contributed by atoms with E-state index >= 15 is 0 Å². The molecule has 0 aromatic rings. The van der Waals surface area contributed by atoms with Gasteiger partial charge in [0.05, 0.1) is 12.8 Å². The topological polar surface area (TPSA) is 74.2 Å². The molecule has 0 saturated carbocycles. The van der Waals surface area contributed by atoms with Crippen LogP contribution in [0.25, 0.3) is 0 Å². The van der Waals surface area contributed by atoms with Crippen LogP contribution in [0.3, 0.4) is 0 Å². The maximum Gasteiger partial charge on any atom is 0.462 e. The Kier molecular flexibility index (Phi) is 11.7. The Morgan fingerprint density at radius 2 is 0.844 bits per heavy atom. The predicted molar refractivity (Wildman–Crippen MR) is 89.7 cm³/mol. The molecule has 1 N–H and O–H groups in total. The molecule has 6 nitrogen and oxygen atoms in total. The molecule has 0 fully saturated rings. The summed E-state index contributed by atoms with van der Waals surface area (Å²) in [6.45, 7) is -0.144. The zero-order valence-electron chi connectivity index (χ0n) is 20.3. The average molecular weight is 754 g/mol. The van der Waals surface area contributed by atoms with Crippen molar-refractivity contribution in [3.8, 4) is 0 Å². The summed E-state index contributed by atoms with van der Waals surface area (Å²) in [5.41, 5.74) is 0. The molecule has 0 radical (unpaired) electrons. The Labute approximate surface area is 230 Å². The zero-order valence-corrected chi connectivity index (χ0v) is 21.1. The third kappa shape index (κ3) is 8.48. The van der Waals surface area contributed by atoms with Crippen molar-refractivity contribution in [3.05, 3.63) is 0 Å². The lowest BCUT2D eigenvalue weighted by molar-refractivity contribution is -0.579. The van der Waals surface area contributed by atoms with Crippen molar-refractivity contribution in [1.29, 1.82) is 0 Å². The van der Waals surface area contributed by atoms with Crippen molar-refractivity contribution >= 4 is 7.60 Å². The van der Waals surface area contributed by atoms with Crippen molar-refractivity contribution in [3.63, 3.8) is 0 Å². The Bertz CT molecular complexity index is 1070. The van der Waals surface area contributed by atoms with Crippen LogP contribution in [0, 0.1) is 0 Å². The number of hydrogen-bond donors (Lipinski definition) is 1. The highest BCUT2D eigenvalue weighted by atomic mass is 31.2. The highest BCUT2D eigenvalue weighted by Crippen LogP contribution is 2.60. The lowest BCUT2D eigenvalue weighted by Crippen LogP contribution is -2.70. The Balaban J connectivity index is 7.21. The van der Waals surface area contributed by atoms with E-state index in [4.69, 9.17) is 4.89 Å². The molecular weight excluding hydrogens is 744 g/mol. The highest BCUT2D eigenvalue weighted by molar-refractivity contribution is 7.52. The maximum atomic E-state index is 14.4. The molecule has 0 aliphatic carbocycles. The van der Waals surface area contributed by atoms with Gasteiger partial charge >= 0.3 is 74.1 Å². The average Bonchev–Trinajstić information content (AvgIpc) is 2.73. The summed E-state index contributed by atoms with van der Waals surface area (Å²) in [7, 11) is -5.55. The molecule has 0 aliphatic rings. The Morgan fingerprint density at radius 1 is 0.511 bits per heavy atom. The molecule has 272 valence electrons. The summed E-state index contributed by atoms with van der Waals surface area (Å²) in [4.78, 5) is 9.08. The van der Waals surface area contributed by atoms with Crippen LogP contribution < -0.4 is 0 Å². The molecule has 0 heterocycles. The van der Waals surface area contributed by atoms with Crippen LogP contribution in [-0.4, -0.2) is 84.2 Å². The van der Waals surface area contributed by atoms with Crippen molar-refractivity contribution in [2.75, 3.05) is 12.8 Å². The number of rotatable bonds is 14. The molecule has 4 atom stereocenters. The third-order valence-corrected chi connectivity index (χ3v) is 5.95. The van der Waals surface area contributed by atoms with E-state index in [2.05, 4.69) is 4.52 Å². The van der Waals surface area contributed by atoms with Crippen LogP contribution in [0.1, 0.15) is 13.3 Å². The summed E-state index contributed by atoms with van der Waals surface area (Å²) < 4.78 is 324. The normalized spacial score (nSPS) is 20.6. The molecule has 45 heavy (non-hydrogen) atoms. The first-order valence-electron chi connectivity index (χ1n) is 10.1. The van der Waals surface area contributed by atoms with Gasteiger partial charge in [-0.05, 0) is 6.92 Å². The van der Waals surface area contributed by atoms with E-state index in [9.17, 15) is 106 Å². The molecule has 0 aromatic carbocycles. The second-order valence-electron chi connectivity index (χ2n) is 7.87. The smallest absolute Gasteiger partial charge is 0.324 e. The Morgan fingerprint density at radius 3 is 1.13 bits per heavy atom. The fourth-order valence-corrected chi connectivity index (χ4v) is 3.39. The van der Waals surface area contributed by atoms with E-state index < -0.39 is 93.3 Å². The molecule has 30 heteroatoms. The van der Waals surface area contributed by atoms with Gasteiger partial charge in [0.25, 0.3) is 0 Å². The lowest BCUT2D eigenvalue weighted by Gasteiger charge is -2.43. The van der Waals surface area contributed by atoms with Crippen LogP contribution >= 0.6 is 7.60 Å². The first-order valence-corrected chi connectivity index (χ1v) is 11.8. The first-order chi connectivity index (χ1) is 19.1. The standard InChI is InChI=1S/C15H10F23O6P/c1-2-41-45(39,40)4-3-5(16,9(21,22)23)42-14(35,36)7(19,11(27,28)29)44-15(37,38)8(20,12(30,31)32)43-13(33,34)6(17,18)10(24,25)26/h2-4H2,1H3,(H,39,40). The molecule has 0 aliphatic heterocycles. The summed E-state index contributed by atoms with van der Waals surface area (Å²) >= 11 is 0. The van der Waals surface area contributed by atoms with E-state index in [0.717, 1.165) is 11.7 Å². The molecule has 0 aromatic heterocycles. The van der Waals surface area contributed by atoms with Crippen molar-refractivity contribution in [2.45, 2.75) is 79.9 Å². The highest BCUT2D eigenvalue weighted by Gasteiger charge is 2.88. The minimum Gasteiger partial charge on any atom is -0.324 e. The van der Waals surface area contributed by atoms with Crippen LogP contribution in [-0.2, 0) is 23.3 Å². The van der Waals surface area contributed by atoms with Crippen LogP contribution in [0.15, 0.2) is 0 Å². The van der Waals surface area contributed by atoms with Gasteiger partial charge in [-0.15, -0.1) is 0 Å². The number of alkyl halides is 23. The summed E-state index contributed by atoms with van der Waals surface area (Å²) in [5.74, 6) is -32.1. The van der Waals surface area contributed by atoms with E-state index in [1.54, 1.807) is 0 Å². The minimum atomic E-state index is -8.74. The first kappa shape index (κ1) is 43.4. The molecule has 4 unspecified atom stereocenters. The number of halogens is 23. The van der Waals surface area contributed by atoms with Crippen LogP contribution in [0.4, 0.5) is 101 Å². The van der Waals surface area contributed by atoms with Crippen LogP contribution in [0.2, 0.25) is 0 Å². The van der Waals surface area contributed by atoms with E-state index in [1.807, 2.05) is 4.74 Å². The van der Waals surface area contributed by atoms with Crippen LogP contribution in [0.5, 0.6) is 0 Å². The molecule has 0 bridgehead atoms. The van der Waals surface area contributed by atoms with Gasteiger partial charge in [-0.2, -0.15) is 96.6 Å². The summed E-state index contributed by atoms with van der Waals surface area (Å²) in [6, 6.07) is 0. The van der Waals surface area contributed by atoms with Gasteiger partial charge in [0.2, 0.25) is 0 Å². The number of ether oxygens (including phenoxy) is 3. The second kappa shape index (κ2) is 12.1. The van der Waals surface area contributed by atoms with E-state index in [1.165, 1.54) is 4.74 Å². The summed E-state index contributed by atoms with van der Waals surface area (Å²) in [5, 5.41) is 0. The quantitative estimate of drug-likeness (QED) is 0.142. The van der Waals surface area contributed by atoms with Gasteiger partial charge < -0.3 is 9.42 Å². The maximum absolute atomic E-state index is 14.4. The monoisotopic (exact) mass is 754 g/mol. The van der Waals surface area contributed by atoms with E-state index in [0.29, 0.717) is 0 Å². The molecule has 0 saturated heterocycles. The zero-order chi connectivity index (χ0) is 36.9. The van der Waals surface area contributed by atoms with Crippen molar-refractivity contribution in [2.24, 2.45) is 0 Å². The minimum absolute atomic E-state index is 0.800. The molecular formula is C15H10F23O6P. The van der Waals surface area contributed by atoms with Gasteiger partial charge in [0.1, 0.15) is 0 Å². The fourth-order valence-electron chi connectivity index (χ4n) is 2.28. The van der Waals surface area contributed by atoms with Gasteiger partial charge in [-0.1, -0.05) is 0 Å². The fraction of sp³-hybridized carbons (Fsp3) is 1.00. The predicted octanol–water partition coefficient (Wildman–Crippen LogP) is 8.31. The SMILES string of the molecule is CCOP(=O)(O)CCC(F)(OC(F)(F)C(F)(OC(F)(F)C(F)(OC(F)(F)C(F)(F)C(F)(F)F)C(F)(F)F)C(F)(F)F)C(F)(F)F. The molecule has 0 rings (SSSR count). The van der Waals surface area contributed by atoms with Gasteiger partial charge in [0, 0.05) is 6.42 Å². The number of hydrogen-bond acceptors (Lipinski definition) is 5. The van der Waals surface area contributed by atoms with Crippen molar-refractivity contribution in [1.82, 2.24) is 0 Å². The Hall–Kier alpha value is -1.58. The van der Waals surface area contributed by atoms with Crippen molar-refractivity contribution < 1.29 is 129 Å². The lowest BCUT2D eigenvalue weighted by atomic mass is 10.2.